The predicted molar refractivity (Wildman–Crippen MR) is 45.7 cm³/mol. The lowest BCUT2D eigenvalue weighted by Crippen LogP contribution is -2.25. The minimum atomic E-state index is -1.04. The second-order valence-corrected chi connectivity index (χ2v) is 3.48. The van der Waals surface area contributed by atoms with Gasteiger partial charge in [-0.1, -0.05) is 0 Å². The third kappa shape index (κ3) is 1.31. The number of ether oxygens (including phenoxy) is 1. The number of hydrogen-bond donors (Lipinski definition) is 1. The van der Waals surface area contributed by atoms with Crippen LogP contribution in [0, 0.1) is 11.6 Å². The van der Waals surface area contributed by atoms with Gasteiger partial charge >= 0.3 is 0 Å². The Hall–Kier alpha value is -1.00. The molecular formula is C10H10F2O2. The van der Waals surface area contributed by atoms with E-state index in [2.05, 4.69) is 0 Å². The van der Waals surface area contributed by atoms with Crippen LogP contribution in [0.3, 0.4) is 0 Å². The molecule has 1 unspecified atom stereocenters. The summed E-state index contributed by atoms with van der Waals surface area (Å²) in [5.41, 5.74) is -0.945. The normalized spacial score (nSPS) is 27.4. The van der Waals surface area contributed by atoms with E-state index in [1.807, 2.05) is 0 Å². The van der Waals surface area contributed by atoms with Crippen molar-refractivity contribution in [3.05, 3.63) is 35.4 Å². The van der Waals surface area contributed by atoms with Crippen molar-refractivity contribution in [3.8, 4) is 0 Å². The van der Waals surface area contributed by atoms with Gasteiger partial charge < -0.3 is 9.84 Å². The van der Waals surface area contributed by atoms with Crippen molar-refractivity contribution in [3.63, 3.8) is 0 Å². The summed E-state index contributed by atoms with van der Waals surface area (Å²) in [6, 6.07) is 3.14. The minimum absolute atomic E-state index is 0.0903. The van der Waals surface area contributed by atoms with Crippen LogP contribution < -0.4 is 0 Å². The van der Waals surface area contributed by atoms with E-state index in [1.54, 1.807) is 0 Å². The molecule has 1 saturated heterocycles. The third-order valence-corrected chi connectivity index (χ3v) is 2.51. The first-order chi connectivity index (χ1) is 6.56. The van der Waals surface area contributed by atoms with E-state index in [1.165, 1.54) is 6.92 Å². The molecule has 1 heterocycles. The number of benzene rings is 1. The van der Waals surface area contributed by atoms with E-state index >= 15 is 0 Å². The zero-order chi connectivity index (χ0) is 10.3. The molecule has 1 aliphatic heterocycles. The Morgan fingerprint density at radius 2 is 2.14 bits per heavy atom. The first-order valence-electron chi connectivity index (χ1n) is 4.34. The van der Waals surface area contributed by atoms with Crippen LogP contribution in [-0.4, -0.2) is 17.8 Å². The van der Waals surface area contributed by atoms with Gasteiger partial charge in [-0.3, -0.25) is 0 Å². The summed E-state index contributed by atoms with van der Waals surface area (Å²) < 4.78 is 31.2. The van der Waals surface area contributed by atoms with E-state index in [9.17, 15) is 13.9 Å². The molecule has 14 heavy (non-hydrogen) atoms. The Balaban J connectivity index is 2.46. The van der Waals surface area contributed by atoms with Crippen LogP contribution >= 0.6 is 0 Å². The average molecular weight is 200 g/mol. The standard InChI is InChI=1S/C10H10F2O2/c1-6(13)10(5-14-10)8-4-7(11)2-3-9(8)12/h2-4,6,13H,5H2,1H3/t6?,10-/m0/s1. The molecule has 1 N–H and O–H groups in total. The zero-order valence-electron chi connectivity index (χ0n) is 7.63. The molecule has 1 fully saturated rings. The average Bonchev–Trinajstić information content (AvgIpc) is 2.90. The summed E-state index contributed by atoms with van der Waals surface area (Å²) in [7, 11) is 0. The molecule has 4 heteroatoms. The summed E-state index contributed by atoms with van der Waals surface area (Å²) >= 11 is 0. The van der Waals surface area contributed by atoms with Gasteiger partial charge in [0.1, 0.15) is 17.2 Å². The van der Waals surface area contributed by atoms with Gasteiger partial charge in [0, 0.05) is 5.56 Å². The van der Waals surface area contributed by atoms with E-state index < -0.39 is 23.3 Å². The van der Waals surface area contributed by atoms with Crippen LogP contribution in [0.5, 0.6) is 0 Å². The minimum Gasteiger partial charge on any atom is -0.390 e. The fraction of sp³-hybridized carbons (Fsp3) is 0.400. The number of rotatable bonds is 2. The fourth-order valence-electron chi connectivity index (χ4n) is 1.52. The fourth-order valence-corrected chi connectivity index (χ4v) is 1.52. The maximum atomic E-state index is 13.3. The highest BCUT2D eigenvalue weighted by molar-refractivity contribution is 5.30. The number of aliphatic hydroxyl groups excluding tert-OH is 1. The maximum Gasteiger partial charge on any atom is 0.145 e. The maximum absolute atomic E-state index is 13.3. The van der Waals surface area contributed by atoms with Gasteiger partial charge in [-0.25, -0.2) is 8.78 Å². The lowest BCUT2D eigenvalue weighted by molar-refractivity contribution is 0.0861. The highest BCUT2D eigenvalue weighted by Crippen LogP contribution is 2.43. The summed E-state index contributed by atoms with van der Waals surface area (Å²) in [5.74, 6) is -1.08. The third-order valence-electron chi connectivity index (χ3n) is 2.51. The van der Waals surface area contributed by atoms with Gasteiger partial charge in [-0.2, -0.15) is 0 Å². The summed E-state index contributed by atoms with van der Waals surface area (Å²) in [6.45, 7) is 1.72. The Labute approximate surface area is 80.1 Å². The number of aliphatic hydroxyl groups is 1. The van der Waals surface area contributed by atoms with Crippen molar-refractivity contribution < 1.29 is 18.6 Å². The number of epoxide rings is 1. The molecule has 2 nitrogen and oxygen atoms in total. The Morgan fingerprint density at radius 1 is 1.50 bits per heavy atom. The lowest BCUT2D eigenvalue weighted by Gasteiger charge is -2.15. The van der Waals surface area contributed by atoms with Gasteiger partial charge in [-0.05, 0) is 25.1 Å². The predicted octanol–water partition coefficient (Wildman–Crippen LogP) is 1.57. The SMILES string of the molecule is CC(O)[C@]1(c2cc(F)ccc2F)CO1. The first kappa shape index (κ1) is 9.55. The monoisotopic (exact) mass is 200 g/mol. The quantitative estimate of drug-likeness (QED) is 0.735. The molecule has 76 valence electrons. The van der Waals surface area contributed by atoms with E-state index in [-0.39, 0.29) is 12.2 Å². The first-order valence-corrected chi connectivity index (χ1v) is 4.34. The summed E-state index contributed by atoms with van der Waals surface area (Å²) in [6.07, 6.45) is -0.848. The molecule has 0 aliphatic carbocycles. The van der Waals surface area contributed by atoms with Crippen molar-refractivity contribution in [1.82, 2.24) is 0 Å². The highest BCUT2D eigenvalue weighted by atomic mass is 19.1. The van der Waals surface area contributed by atoms with Crippen LogP contribution in [0.4, 0.5) is 8.78 Å². The van der Waals surface area contributed by atoms with Gasteiger partial charge in [0.15, 0.2) is 0 Å². The molecule has 0 spiro atoms. The van der Waals surface area contributed by atoms with Crippen LogP contribution in [0.1, 0.15) is 12.5 Å². The molecule has 0 aromatic heterocycles. The van der Waals surface area contributed by atoms with E-state index in [0.717, 1.165) is 18.2 Å². The summed E-state index contributed by atoms with van der Waals surface area (Å²) in [4.78, 5) is 0. The Bertz CT molecular complexity index is 359. The largest absolute Gasteiger partial charge is 0.390 e. The van der Waals surface area contributed by atoms with Crippen LogP contribution in [-0.2, 0) is 10.3 Å². The topological polar surface area (TPSA) is 32.8 Å². The lowest BCUT2D eigenvalue weighted by atomic mass is 9.94. The second kappa shape index (κ2) is 3.00. The van der Waals surface area contributed by atoms with E-state index in [4.69, 9.17) is 4.74 Å². The Kier molecular flexibility index (Phi) is 2.05. The van der Waals surface area contributed by atoms with Crippen molar-refractivity contribution in [2.24, 2.45) is 0 Å². The number of hydrogen-bond acceptors (Lipinski definition) is 2. The van der Waals surface area contributed by atoms with Gasteiger partial charge in [-0.15, -0.1) is 0 Å². The van der Waals surface area contributed by atoms with Crippen LogP contribution in [0.25, 0.3) is 0 Å². The number of halogens is 2. The van der Waals surface area contributed by atoms with Crippen molar-refractivity contribution in [2.45, 2.75) is 18.6 Å². The van der Waals surface area contributed by atoms with E-state index in [0.29, 0.717) is 0 Å². The van der Waals surface area contributed by atoms with Gasteiger partial charge in [0.05, 0.1) is 12.7 Å². The Morgan fingerprint density at radius 3 is 2.64 bits per heavy atom. The molecule has 2 atom stereocenters. The van der Waals surface area contributed by atoms with Crippen molar-refractivity contribution in [1.29, 1.82) is 0 Å². The molecule has 0 bridgehead atoms. The van der Waals surface area contributed by atoms with Crippen molar-refractivity contribution >= 4 is 0 Å². The molecule has 1 aromatic rings. The molecule has 2 rings (SSSR count). The zero-order valence-corrected chi connectivity index (χ0v) is 7.63. The van der Waals surface area contributed by atoms with Crippen LogP contribution in [0.15, 0.2) is 18.2 Å². The highest BCUT2D eigenvalue weighted by Gasteiger charge is 2.52. The molecule has 1 aromatic carbocycles. The molecule has 0 amide bonds. The molecule has 1 aliphatic rings. The summed E-state index contributed by atoms with van der Waals surface area (Å²) in [5, 5.41) is 9.40. The van der Waals surface area contributed by atoms with Crippen LogP contribution in [0.2, 0.25) is 0 Å². The molecular weight excluding hydrogens is 190 g/mol. The van der Waals surface area contributed by atoms with Gasteiger partial charge in [0.2, 0.25) is 0 Å². The molecule has 0 radical (unpaired) electrons. The smallest absolute Gasteiger partial charge is 0.145 e. The second-order valence-electron chi connectivity index (χ2n) is 3.48. The van der Waals surface area contributed by atoms with Gasteiger partial charge in [0.25, 0.3) is 0 Å². The van der Waals surface area contributed by atoms with Crippen molar-refractivity contribution in [2.75, 3.05) is 6.61 Å². The molecule has 0 saturated carbocycles.